The van der Waals surface area contributed by atoms with Crippen molar-refractivity contribution in [3.05, 3.63) is 57.8 Å². The molecule has 1 aliphatic heterocycles. The zero-order chi connectivity index (χ0) is 21.2. The molecule has 1 fully saturated rings. The summed E-state index contributed by atoms with van der Waals surface area (Å²) in [7, 11) is 3.51. The van der Waals surface area contributed by atoms with Gasteiger partial charge in [0.1, 0.15) is 0 Å². The topological polar surface area (TPSA) is 60.0 Å². The largest absolute Gasteiger partial charge is 0.351 e. The molecule has 0 unspecified atom stereocenters. The Hall–Kier alpha value is -2.38. The summed E-state index contributed by atoms with van der Waals surface area (Å²) in [4.78, 5) is 22.0. The molecule has 0 atom stereocenters. The predicted molar refractivity (Wildman–Crippen MR) is 125 cm³/mol. The van der Waals surface area contributed by atoms with Gasteiger partial charge in [-0.3, -0.25) is 9.69 Å². The zero-order valence-corrected chi connectivity index (χ0v) is 18.9. The number of piperidine rings is 1. The van der Waals surface area contributed by atoms with Crippen molar-refractivity contribution in [3.63, 3.8) is 0 Å². The van der Waals surface area contributed by atoms with Gasteiger partial charge in [0.2, 0.25) is 5.91 Å². The van der Waals surface area contributed by atoms with Gasteiger partial charge in [-0.1, -0.05) is 36.8 Å². The summed E-state index contributed by atoms with van der Waals surface area (Å²) in [5.74, 6) is 0.665. The summed E-state index contributed by atoms with van der Waals surface area (Å²) in [6.45, 7) is 4.93. The number of carbonyl (C=O) groups excluding carboxylic acids is 1. The average molecular weight is 428 g/mol. The number of rotatable bonds is 8. The van der Waals surface area contributed by atoms with Crippen LogP contribution in [0, 0.1) is 0 Å². The Balaban J connectivity index is 1.56. The van der Waals surface area contributed by atoms with Crippen molar-refractivity contribution >= 4 is 23.2 Å². The first kappa shape index (κ1) is 22.3. The second kappa shape index (κ2) is 11.7. The summed E-state index contributed by atoms with van der Waals surface area (Å²) >= 11 is 1.70. The van der Waals surface area contributed by atoms with Gasteiger partial charge in [-0.15, -0.1) is 11.3 Å². The molecule has 30 heavy (non-hydrogen) atoms. The molecule has 2 aromatic rings. The molecular formula is C23H33N5OS. The third kappa shape index (κ3) is 7.46. The van der Waals surface area contributed by atoms with E-state index in [1.165, 1.54) is 42.8 Å². The maximum absolute atomic E-state index is 11.9. The SMILES string of the molecule is CN(C)C(=O)CNC(=NCc1ccc(CN2CCCCC2)cc1)NCc1cccs1. The smallest absolute Gasteiger partial charge is 0.241 e. The molecule has 1 aliphatic rings. The molecule has 1 amide bonds. The van der Waals surface area contributed by atoms with Crippen LogP contribution in [0.25, 0.3) is 0 Å². The van der Waals surface area contributed by atoms with Crippen LogP contribution in [0.1, 0.15) is 35.3 Å². The fraction of sp³-hybridized carbons (Fsp3) is 0.478. The lowest BCUT2D eigenvalue weighted by molar-refractivity contribution is -0.127. The number of likely N-dealkylation sites (tertiary alicyclic amines) is 1. The number of nitrogens with zero attached hydrogens (tertiary/aromatic N) is 3. The monoisotopic (exact) mass is 427 g/mol. The molecule has 1 aromatic heterocycles. The Morgan fingerprint density at radius 2 is 1.80 bits per heavy atom. The number of hydrogen-bond donors (Lipinski definition) is 2. The fourth-order valence-electron chi connectivity index (χ4n) is 3.37. The molecule has 6 nitrogen and oxygen atoms in total. The van der Waals surface area contributed by atoms with E-state index in [0.29, 0.717) is 19.0 Å². The normalized spacial score (nSPS) is 15.1. The van der Waals surface area contributed by atoms with E-state index >= 15 is 0 Å². The van der Waals surface area contributed by atoms with Gasteiger partial charge in [0, 0.05) is 25.5 Å². The number of amides is 1. The lowest BCUT2D eigenvalue weighted by Crippen LogP contribution is -2.42. The first-order valence-electron chi connectivity index (χ1n) is 10.6. The van der Waals surface area contributed by atoms with Gasteiger partial charge in [0.15, 0.2) is 5.96 Å². The van der Waals surface area contributed by atoms with Crippen LogP contribution in [0.4, 0.5) is 0 Å². The van der Waals surface area contributed by atoms with E-state index in [9.17, 15) is 4.79 Å². The van der Waals surface area contributed by atoms with Crippen LogP contribution >= 0.6 is 11.3 Å². The molecule has 7 heteroatoms. The van der Waals surface area contributed by atoms with E-state index < -0.39 is 0 Å². The molecule has 0 bridgehead atoms. The summed E-state index contributed by atoms with van der Waals surface area (Å²) in [5.41, 5.74) is 2.52. The van der Waals surface area contributed by atoms with E-state index in [2.05, 4.69) is 56.2 Å². The lowest BCUT2D eigenvalue weighted by Gasteiger charge is -2.26. The zero-order valence-electron chi connectivity index (χ0n) is 18.1. The maximum Gasteiger partial charge on any atom is 0.241 e. The van der Waals surface area contributed by atoms with E-state index in [1.807, 2.05) is 6.07 Å². The fourth-order valence-corrected chi connectivity index (χ4v) is 4.02. The highest BCUT2D eigenvalue weighted by Gasteiger charge is 2.10. The van der Waals surface area contributed by atoms with Crippen molar-refractivity contribution in [3.8, 4) is 0 Å². The number of likely N-dealkylation sites (N-methyl/N-ethyl adjacent to an activating group) is 1. The van der Waals surface area contributed by atoms with Crippen molar-refractivity contribution in [2.24, 2.45) is 4.99 Å². The van der Waals surface area contributed by atoms with Crippen molar-refractivity contribution < 1.29 is 4.79 Å². The number of aliphatic imine (C=N–C) groups is 1. The van der Waals surface area contributed by atoms with Gasteiger partial charge in [0.25, 0.3) is 0 Å². The number of carbonyl (C=O) groups is 1. The summed E-state index contributed by atoms with van der Waals surface area (Å²) in [5, 5.41) is 8.53. The first-order chi connectivity index (χ1) is 14.6. The number of thiophene rings is 1. The Morgan fingerprint density at radius 3 is 2.47 bits per heavy atom. The van der Waals surface area contributed by atoms with Crippen molar-refractivity contribution in [2.45, 2.75) is 38.9 Å². The lowest BCUT2D eigenvalue weighted by atomic mass is 10.1. The Labute approximate surface area is 184 Å². The molecule has 3 rings (SSSR count). The van der Waals surface area contributed by atoms with Gasteiger partial charge >= 0.3 is 0 Å². The van der Waals surface area contributed by atoms with E-state index in [4.69, 9.17) is 0 Å². The third-order valence-corrected chi connectivity index (χ3v) is 6.09. The first-order valence-corrected chi connectivity index (χ1v) is 11.5. The Morgan fingerprint density at radius 1 is 1.07 bits per heavy atom. The second-order valence-corrected chi connectivity index (χ2v) is 8.93. The van der Waals surface area contributed by atoms with Crippen LogP contribution in [0.3, 0.4) is 0 Å². The number of benzene rings is 1. The van der Waals surface area contributed by atoms with Crippen LogP contribution in [-0.2, 0) is 24.4 Å². The van der Waals surface area contributed by atoms with Gasteiger partial charge in [0.05, 0.1) is 19.6 Å². The molecule has 2 N–H and O–H groups in total. The van der Waals surface area contributed by atoms with Crippen LogP contribution in [0.15, 0.2) is 46.8 Å². The molecule has 0 radical (unpaired) electrons. The highest BCUT2D eigenvalue weighted by atomic mass is 32.1. The maximum atomic E-state index is 11.9. The van der Waals surface area contributed by atoms with Gasteiger partial charge < -0.3 is 15.5 Å². The second-order valence-electron chi connectivity index (χ2n) is 7.89. The minimum absolute atomic E-state index is 0.0164. The molecule has 0 spiro atoms. The van der Waals surface area contributed by atoms with Gasteiger partial charge in [-0.2, -0.15) is 0 Å². The molecule has 2 heterocycles. The van der Waals surface area contributed by atoms with Crippen LogP contribution in [0.2, 0.25) is 0 Å². The van der Waals surface area contributed by atoms with Crippen molar-refractivity contribution in [1.82, 2.24) is 20.4 Å². The van der Waals surface area contributed by atoms with Gasteiger partial charge in [-0.25, -0.2) is 4.99 Å². The third-order valence-electron chi connectivity index (χ3n) is 5.21. The molecular weight excluding hydrogens is 394 g/mol. The van der Waals surface area contributed by atoms with Crippen molar-refractivity contribution in [2.75, 3.05) is 33.7 Å². The highest BCUT2D eigenvalue weighted by Crippen LogP contribution is 2.14. The highest BCUT2D eigenvalue weighted by molar-refractivity contribution is 7.09. The molecule has 0 saturated carbocycles. The molecule has 0 aliphatic carbocycles. The van der Waals surface area contributed by atoms with Crippen molar-refractivity contribution in [1.29, 1.82) is 0 Å². The molecule has 1 aromatic carbocycles. The Bertz CT molecular complexity index is 796. The molecule has 162 valence electrons. The van der Waals surface area contributed by atoms with Crippen LogP contribution in [0.5, 0.6) is 0 Å². The summed E-state index contributed by atoms with van der Waals surface area (Å²) in [6, 6.07) is 12.9. The minimum Gasteiger partial charge on any atom is -0.351 e. The standard InChI is InChI=1S/C23H33N5OS/c1-27(2)22(29)17-26-23(25-16-21-7-6-14-30-21)24-15-19-8-10-20(11-9-19)18-28-12-4-3-5-13-28/h6-11,14H,3-5,12-13,15-18H2,1-2H3,(H2,24,25,26). The quantitative estimate of drug-likeness (QED) is 0.502. The van der Waals surface area contributed by atoms with E-state index in [-0.39, 0.29) is 12.5 Å². The average Bonchev–Trinajstić information content (AvgIpc) is 3.28. The van der Waals surface area contributed by atoms with E-state index in [0.717, 1.165) is 12.1 Å². The predicted octanol–water partition coefficient (Wildman–Crippen LogP) is 3.06. The Kier molecular flexibility index (Phi) is 8.71. The molecule has 1 saturated heterocycles. The number of nitrogens with one attached hydrogen (secondary N) is 2. The number of guanidine groups is 1. The van der Waals surface area contributed by atoms with Gasteiger partial charge in [-0.05, 0) is 48.5 Å². The summed E-state index contributed by atoms with van der Waals surface area (Å²) in [6.07, 6.45) is 4.00. The summed E-state index contributed by atoms with van der Waals surface area (Å²) < 4.78 is 0. The van der Waals surface area contributed by atoms with E-state index in [1.54, 1.807) is 30.3 Å². The number of hydrogen-bond acceptors (Lipinski definition) is 4. The van der Waals surface area contributed by atoms with Crippen LogP contribution < -0.4 is 10.6 Å². The van der Waals surface area contributed by atoms with Crippen LogP contribution in [-0.4, -0.2) is 55.4 Å². The minimum atomic E-state index is 0.0164.